The lowest BCUT2D eigenvalue weighted by atomic mass is 9.89. The van der Waals surface area contributed by atoms with Gasteiger partial charge in [0, 0.05) is 30.0 Å². The third kappa shape index (κ3) is 2.92. The Morgan fingerprint density at radius 1 is 1.11 bits per heavy atom. The quantitative estimate of drug-likeness (QED) is 0.580. The maximum atomic E-state index is 6.10. The molecule has 0 radical (unpaired) electrons. The summed E-state index contributed by atoms with van der Waals surface area (Å²) in [7, 11) is 0. The van der Waals surface area contributed by atoms with E-state index in [0.717, 1.165) is 41.6 Å². The normalized spacial score (nSPS) is 20.2. The molecule has 0 bridgehead atoms. The van der Waals surface area contributed by atoms with Crippen LogP contribution in [-0.4, -0.2) is 26.7 Å². The molecule has 0 aliphatic carbocycles. The second kappa shape index (κ2) is 6.63. The van der Waals surface area contributed by atoms with E-state index in [0.29, 0.717) is 11.7 Å². The lowest BCUT2D eigenvalue weighted by molar-refractivity contribution is -0.0103. The van der Waals surface area contributed by atoms with Crippen LogP contribution in [-0.2, 0) is 4.74 Å². The Morgan fingerprint density at radius 3 is 2.89 bits per heavy atom. The molecule has 6 nitrogen and oxygen atoms in total. The third-order valence-corrected chi connectivity index (χ3v) is 5.19. The molecule has 1 fully saturated rings. The Balaban J connectivity index is 1.50. The van der Waals surface area contributed by atoms with Crippen molar-refractivity contribution in [2.75, 3.05) is 6.61 Å². The molecule has 0 unspecified atom stereocenters. The first-order chi connectivity index (χ1) is 13.3. The number of ether oxygens (including phenoxy) is 1. The second-order valence-corrected chi connectivity index (χ2v) is 7.01. The Hall–Kier alpha value is -2.99. The second-order valence-electron chi connectivity index (χ2n) is 7.01. The Labute approximate surface area is 156 Å². The highest BCUT2D eigenvalue weighted by molar-refractivity contribution is 5.90. The molecule has 0 saturated carbocycles. The number of nitrogens with one attached hydrogen (secondary N) is 1. The molecule has 0 amide bonds. The summed E-state index contributed by atoms with van der Waals surface area (Å²) in [6.45, 7) is 2.84. The maximum Gasteiger partial charge on any atom is 0.233 e. The molecule has 2 atom stereocenters. The molecule has 0 spiro atoms. The lowest BCUT2D eigenvalue weighted by Crippen LogP contribution is -2.21. The number of aryl methyl sites for hydroxylation is 1. The summed E-state index contributed by atoms with van der Waals surface area (Å²) in [6.07, 6.45) is 5.52. The number of rotatable bonds is 3. The monoisotopic (exact) mass is 360 g/mol. The van der Waals surface area contributed by atoms with Crippen molar-refractivity contribution >= 4 is 11.0 Å². The number of benzene rings is 1. The minimum Gasteiger partial charge on any atom is -0.373 e. The van der Waals surface area contributed by atoms with Crippen LogP contribution in [0.2, 0.25) is 0 Å². The molecule has 3 aromatic heterocycles. The van der Waals surface area contributed by atoms with Crippen molar-refractivity contribution in [1.82, 2.24) is 20.1 Å². The van der Waals surface area contributed by atoms with E-state index in [9.17, 15) is 0 Å². The molecule has 27 heavy (non-hydrogen) atoms. The average molecular weight is 360 g/mol. The fourth-order valence-electron chi connectivity index (χ4n) is 3.77. The van der Waals surface area contributed by atoms with Crippen LogP contribution in [0.3, 0.4) is 0 Å². The van der Waals surface area contributed by atoms with E-state index >= 15 is 0 Å². The van der Waals surface area contributed by atoms with Crippen molar-refractivity contribution in [3.05, 3.63) is 65.8 Å². The van der Waals surface area contributed by atoms with Crippen molar-refractivity contribution in [2.45, 2.75) is 31.8 Å². The lowest BCUT2D eigenvalue weighted by Gasteiger charge is -2.29. The van der Waals surface area contributed by atoms with Crippen molar-refractivity contribution in [3.63, 3.8) is 0 Å². The van der Waals surface area contributed by atoms with Gasteiger partial charge in [0.25, 0.3) is 0 Å². The van der Waals surface area contributed by atoms with Crippen LogP contribution in [0.1, 0.15) is 41.9 Å². The molecule has 4 heterocycles. The van der Waals surface area contributed by atoms with E-state index in [1.54, 1.807) is 6.20 Å². The fraction of sp³-hybridized carbons (Fsp3) is 0.286. The van der Waals surface area contributed by atoms with Gasteiger partial charge in [0.2, 0.25) is 11.7 Å². The summed E-state index contributed by atoms with van der Waals surface area (Å²) in [5.74, 6) is 1.28. The van der Waals surface area contributed by atoms with Crippen molar-refractivity contribution in [1.29, 1.82) is 0 Å². The van der Waals surface area contributed by atoms with Crippen LogP contribution in [0.4, 0.5) is 0 Å². The number of nitrogens with zero attached hydrogens (tertiary/aromatic N) is 3. The van der Waals surface area contributed by atoms with Gasteiger partial charge in [-0.15, -0.1) is 0 Å². The fourth-order valence-corrected chi connectivity index (χ4v) is 3.77. The Bertz CT molecular complexity index is 1070. The molecule has 1 aliphatic rings. The van der Waals surface area contributed by atoms with E-state index in [1.165, 1.54) is 5.56 Å². The summed E-state index contributed by atoms with van der Waals surface area (Å²) in [6, 6.07) is 12.4. The zero-order chi connectivity index (χ0) is 18.2. The third-order valence-electron chi connectivity index (χ3n) is 5.19. The van der Waals surface area contributed by atoms with Gasteiger partial charge in [-0.3, -0.25) is 0 Å². The van der Waals surface area contributed by atoms with E-state index in [1.807, 2.05) is 18.3 Å². The molecule has 1 saturated heterocycles. The van der Waals surface area contributed by atoms with Gasteiger partial charge in [0.1, 0.15) is 5.65 Å². The van der Waals surface area contributed by atoms with Crippen LogP contribution in [0, 0.1) is 6.92 Å². The van der Waals surface area contributed by atoms with Gasteiger partial charge >= 0.3 is 0 Å². The summed E-state index contributed by atoms with van der Waals surface area (Å²) in [5.41, 5.74) is 4.12. The minimum absolute atomic E-state index is 0.0580. The van der Waals surface area contributed by atoms with Crippen molar-refractivity contribution in [2.24, 2.45) is 0 Å². The molecular formula is C21H20N4O2. The van der Waals surface area contributed by atoms with Crippen LogP contribution < -0.4 is 0 Å². The number of fused-ring (bicyclic) bond motifs is 1. The molecule has 1 aliphatic heterocycles. The summed E-state index contributed by atoms with van der Waals surface area (Å²) >= 11 is 0. The maximum absolute atomic E-state index is 6.10. The summed E-state index contributed by atoms with van der Waals surface area (Å²) in [4.78, 5) is 12.2. The molecule has 6 heteroatoms. The molecule has 1 aromatic carbocycles. The first-order valence-electron chi connectivity index (χ1n) is 9.24. The summed E-state index contributed by atoms with van der Waals surface area (Å²) in [5, 5.41) is 5.24. The van der Waals surface area contributed by atoms with E-state index in [-0.39, 0.29) is 12.0 Å². The smallest absolute Gasteiger partial charge is 0.233 e. The average Bonchev–Trinajstić information content (AvgIpc) is 3.38. The molecule has 4 aromatic rings. The van der Waals surface area contributed by atoms with Crippen LogP contribution in [0.15, 0.2) is 53.3 Å². The van der Waals surface area contributed by atoms with Gasteiger partial charge in [-0.05, 0) is 37.5 Å². The molecule has 1 N–H and O–H groups in total. The molecule has 5 rings (SSSR count). The molecule has 136 valence electrons. The topological polar surface area (TPSA) is 76.8 Å². The zero-order valence-corrected chi connectivity index (χ0v) is 15.1. The van der Waals surface area contributed by atoms with Gasteiger partial charge in [0.15, 0.2) is 0 Å². The number of pyridine rings is 1. The highest BCUT2D eigenvalue weighted by Crippen LogP contribution is 2.40. The highest BCUT2D eigenvalue weighted by Gasteiger charge is 2.33. The van der Waals surface area contributed by atoms with Gasteiger partial charge < -0.3 is 14.2 Å². The summed E-state index contributed by atoms with van der Waals surface area (Å²) < 4.78 is 11.8. The number of hydrogen-bond donors (Lipinski definition) is 1. The van der Waals surface area contributed by atoms with E-state index in [4.69, 9.17) is 14.2 Å². The first-order valence-corrected chi connectivity index (χ1v) is 9.24. The number of hydrogen-bond acceptors (Lipinski definition) is 5. The SMILES string of the molecule is Cc1ccc([C@@H]2OCCC[C@H]2c2nc(-c3ccnc4[nH]ccc34)no2)cc1. The minimum atomic E-state index is -0.0580. The van der Waals surface area contributed by atoms with Crippen LogP contribution in [0.5, 0.6) is 0 Å². The molecular weight excluding hydrogens is 340 g/mol. The van der Waals surface area contributed by atoms with Gasteiger partial charge in [0.05, 0.1) is 12.0 Å². The standard InChI is InChI=1S/C21H20N4O2/c1-13-4-6-14(7-5-13)18-17(3-2-12-26-18)21-24-20(25-27-21)16-9-11-23-19-15(16)8-10-22-19/h4-11,17-18H,2-3,12H2,1H3,(H,22,23)/t17-,18+/m1/s1. The van der Waals surface area contributed by atoms with E-state index in [2.05, 4.69) is 46.3 Å². The zero-order valence-electron chi connectivity index (χ0n) is 15.1. The largest absolute Gasteiger partial charge is 0.373 e. The van der Waals surface area contributed by atoms with Crippen LogP contribution >= 0.6 is 0 Å². The van der Waals surface area contributed by atoms with Gasteiger partial charge in [-0.1, -0.05) is 35.0 Å². The highest BCUT2D eigenvalue weighted by atomic mass is 16.5. The number of aromatic nitrogens is 4. The van der Waals surface area contributed by atoms with Crippen molar-refractivity contribution < 1.29 is 9.26 Å². The predicted molar refractivity (Wildman–Crippen MR) is 101 cm³/mol. The number of H-pyrrole nitrogens is 1. The van der Waals surface area contributed by atoms with E-state index < -0.39 is 0 Å². The Morgan fingerprint density at radius 2 is 2.00 bits per heavy atom. The predicted octanol–water partition coefficient (Wildman–Crippen LogP) is 4.56. The van der Waals surface area contributed by atoms with Crippen LogP contribution in [0.25, 0.3) is 22.4 Å². The first kappa shape index (κ1) is 16.2. The Kier molecular flexibility index (Phi) is 3.98. The van der Waals surface area contributed by atoms with Gasteiger partial charge in [-0.2, -0.15) is 4.98 Å². The van der Waals surface area contributed by atoms with Crippen molar-refractivity contribution in [3.8, 4) is 11.4 Å². The number of aromatic amines is 1. The van der Waals surface area contributed by atoms with Gasteiger partial charge in [-0.25, -0.2) is 4.98 Å².